The van der Waals surface area contributed by atoms with E-state index in [1.165, 1.54) is 0 Å². The molecule has 0 saturated heterocycles. The first-order valence-electron chi connectivity index (χ1n) is 5.21. The highest BCUT2D eigenvalue weighted by Crippen LogP contribution is 1.95. The van der Waals surface area contributed by atoms with Gasteiger partial charge in [0, 0.05) is 31.1 Å². The number of nitrogens with zero attached hydrogens (tertiary/aromatic N) is 1. The van der Waals surface area contributed by atoms with Crippen LogP contribution in [0.15, 0.2) is 24.5 Å². The molecular formula is C11H16N2O3. The zero-order valence-electron chi connectivity index (χ0n) is 9.06. The molecule has 0 radical (unpaired) electrons. The quantitative estimate of drug-likeness (QED) is 0.649. The number of aliphatic hydroxyl groups excluding tert-OH is 1. The molecule has 0 bridgehead atoms. The number of carbonyl (C=O) groups excluding carboxylic acids is 1. The highest BCUT2D eigenvalue weighted by Gasteiger charge is 2.02. The van der Waals surface area contributed by atoms with Crippen molar-refractivity contribution < 1.29 is 14.6 Å². The van der Waals surface area contributed by atoms with Crippen LogP contribution in [0.25, 0.3) is 0 Å². The summed E-state index contributed by atoms with van der Waals surface area (Å²) in [7, 11) is 0. The Hall–Kier alpha value is -1.46. The molecule has 2 N–H and O–H groups in total. The summed E-state index contributed by atoms with van der Waals surface area (Å²) in [6.45, 7) is 1.48. The highest BCUT2D eigenvalue weighted by molar-refractivity contribution is 5.93. The van der Waals surface area contributed by atoms with Crippen LogP contribution >= 0.6 is 0 Å². The van der Waals surface area contributed by atoms with Crippen molar-refractivity contribution in [3.05, 3.63) is 30.1 Å². The second-order valence-corrected chi connectivity index (χ2v) is 3.18. The van der Waals surface area contributed by atoms with Gasteiger partial charge in [0.1, 0.15) is 0 Å². The maximum Gasteiger partial charge on any atom is 0.251 e. The number of carbonyl (C=O) groups is 1. The fourth-order valence-corrected chi connectivity index (χ4v) is 1.15. The Kier molecular flexibility index (Phi) is 6.13. The molecule has 1 amide bonds. The van der Waals surface area contributed by atoms with E-state index in [0.717, 1.165) is 6.42 Å². The lowest BCUT2D eigenvalue weighted by molar-refractivity contribution is 0.0867. The van der Waals surface area contributed by atoms with Crippen LogP contribution in [-0.2, 0) is 4.74 Å². The summed E-state index contributed by atoms with van der Waals surface area (Å²) in [5, 5.41) is 11.2. The van der Waals surface area contributed by atoms with Gasteiger partial charge in [-0.15, -0.1) is 0 Å². The maximum absolute atomic E-state index is 11.5. The highest BCUT2D eigenvalue weighted by atomic mass is 16.5. The van der Waals surface area contributed by atoms with Gasteiger partial charge in [0.05, 0.1) is 13.2 Å². The molecule has 0 unspecified atom stereocenters. The maximum atomic E-state index is 11.5. The third-order valence-corrected chi connectivity index (χ3v) is 1.93. The molecule has 5 heteroatoms. The van der Waals surface area contributed by atoms with Crippen LogP contribution in [0.2, 0.25) is 0 Å². The largest absolute Gasteiger partial charge is 0.394 e. The van der Waals surface area contributed by atoms with E-state index in [-0.39, 0.29) is 12.5 Å². The molecule has 1 rings (SSSR count). The molecule has 0 fully saturated rings. The number of nitrogens with one attached hydrogen (secondary N) is 1. The molecule has 0 aliphatic rings. The molecule has 0 aliphatic heterocycles. The van der Waals surface area contributed by atoms with Crippen LogP contribution in [0, 0.1) is 0 Å². The lowest BCUT2D eigenvalue weighted by atomic mass is 10.2. The second-order valence-electron chi connectivity index (χ2n) is 3.18. The van der Waals surface area contributed by atoms with Crippen LogP contribution in [-0.4, -0.2) is 42.4 Å². The first-order chi connectivity index (χ1) is 7.84. The molecule has 0 aromatic carbocycles. The van der Waals surface area contributed by atoms with Gasteiger partial charge in [-0.1, -0.05) is 0 Å². The number of ether oxygens (including phenoxy) is 1. The minimum absolute atomic E-state index is 0.0311. The predicted molar refractivity (Wildman–Crippen MR) is 59.1 cm³/mol. The summed E-state index contributed by atoms with van der Waals surface area (Å²) in [5.74, 6) is -0.107. The predicted octanol–water partition coefficient (Wildman–Crippen LogP) is 0.210. The van der Waals surface area contributed by atoms with Gasteiger partial charge >= 0.3 is 0 Å². The molecule has 0 spiro atoms. The molecule has 0 aliphatic carbocycles. The Morgan fingerprint density at radius 3 is 2.81 bits per heavy atom. The Labute approximate surface area is 94.5 Å². The van der Waals surface area contributed by atoms with Gasteiger partial charge in [-0.05, 0) is 18.6 Å². The molecule has 1 aromatic heterocycles. The van der Waals surface area contributed by atoms with Crippen LogP contribution in [0.5, 0.6) is 0 Å². The Morgan fingerprint density at radius 2 is 2.12 bits per heavy atom. The number of amides is 1. The summed E-state index contributed by atoms with van der Waals surface area (Å²) >= 11 is 0. The van der Waals surface area contributed by atoms with Gasteiger partial charge in [-0.2, -0.15) is 0 Å². The number of hydrogen-bond donors (Lipinski definition) is 2. The first kappa shape index (κ1) is 12.6. The topological polar surface area (TPSA) is 71.5 Å². The Morgan fingerprint density at radius 1 is 1.38 bits per heavy atom. The first-order valence-corrected chi connectivity index (χ1v) is 5.21. The van der Waals surface area contributed by atoms with Crippen LogP contribution in [0.3, 0.4) is 0 Å². The summed E-state index contributed by atoms with van der Waals surface area (Å²) in [5.41, 5.74) is 0.603. The number of pyridine rings is 1. The van der Waals surface area contributed by atoms with E-state index in [1.807, 2.05) is 0 Å². The van der Waals surface area contributed by atoms with Crippen molar-refractivity contribution in [1.29, 1.82) is 0 Å². The molecule has 0 saturated carbocycles. The third kappa shape index (κ3) is 4.86. The zero-order valence-corrected chi connectivity index (χ0v) is 9.06. The summed E-state index contributed by atoms with van der Waals surface area (Å²) in [4.78, 5) is 15.3. The van der Waals surface area contributed by atoms with Crippen molar-refractivity contribution in [3.8, 4) is 0 Å². The number of rotatable bonds is 7. The second kappa shape index (κ2) is 7.78. The summed E-state index contributed by atoms with van der Waals surface area (Å²) in [6.07, 6.45) is 3.90. The lowest BCUT2D eigenvalue weighted by Crippen LogP contribution is -2.25. The van der Waals surface area contributed by atoms with E-state index in [4.69, 9.17) is 9.84 Å². The molecule has 1 aromatic rings. The Bertz CT molecular complexity index is 303. The van der Waals surface area contributed by atoms with Crippen molar-refractivity contribution in [2.45, 2.75) is 6.42 Å². The van der Waals surface area contributed by atoms with Crippen molar-refractivity contribution in [3.63, 3.8) is 0 Å². The molecule has 16 heavy (non-hydrogen) atoms. The number of aliphatic hydroxyl groups is 1. The van der Waals surface area contributed by atoms with Crippen molar-refractivity contribution >= 4 is 5.91 Å². The standard InChI is InChI=1S/C11H16N2O3/c14-7-9-16-8-1-4-13-11(15)10-2-5-12-6-3-10/h2-3,5-6,14H,1,4,7-9H2,(H,13,15). The summed E-state index contributed by atoms with van der Waals surface area (Å²) < 4.78 is 5.06. The zero-order chi connectivity index (χ0) is 11.6. The monoisotopic (exact) mass is 224 g/mol. The molecule has 5 nitrogen and oxygen atoms in total. The normalized spacial score (nSPS) is 10.1. The van der Waals surface area contributed by atoms with E-state index >= 15 is 0 Å². The Balaban J connectivity index is 2.12. The van der Waals surface area contributed by atoms with Gasteiger partial charge in [-0.3, -0.25) is 9.78 Å². The van der Waals surface area contributed by atoms with Gasteiger partial charge < -0.3 is 15.2 Å². The van der Waals surface area contributed by atoms with Crippen LogP contribution in [0.4, 0.5) is 0 Å². The molecule has 88 valence electrons. The molecular weight excluding hydrogens is 208 g/mol. The van der Waals surface area contributed by atoms with E-state index in [0.29, 0.717) is 25.3 Å². The smallest absolute Gasteiger partial charge is 0.251 e. The van der Waals surface area contributed by atoms with Crippen LogP contribution in [0.1, 0.15) is 16.8 Å². The number of hydrogen-bond acceptors (Lipinski definition) is 4. The van der Waals surface area contributed by atoms with Gasteiger partial charge in [-0.25, -0.2) is 0 Å². The fraction of sp³-hybridized carbons (Fsp3) is 0.455. The van der Waals surface area contributed by atoms with Crippen molar-refractivity contribution in [2.24, 2.45) is 0 Å². The minimum atomic E-state index is -0.107. The van der Waals surface area contributed by atoms with Crippen molar-refractivity contribution in [1.82, 2.24) is 10.3 Å². The van der Waals surface area contributed by atoms with Crippen LogP contribution < -0.4 is 5.32 Å². The molecule has 0 atom stereocenters. The number of aromatic nitrogens is 1. The third-order valence-electron chi connectivity index (χ3n) is 1.93. The van der Waals surface area contributed by atoms with E-state index in [9.17, 15) is 4.79 Å². The fourth-order valence-electron chi connectivity index (χ4n) is 1.15. The average Bonchev–Trinajstić information content (AvgIpc) is 2.34. The lowest BCUT2D eigenvalue weighted by Gasteiger charge is -2.05. The van der Waals surface area contributed by atoms with Gasteiger partial charge in [0.15, 0.2) is 0 Å². The minimum Gasteiger partial charge on any atom is -0.394 e. The average molecular weight is 224 g/mol. The SMILES string of the molecule is O=C(NCCCOCCO)c1ccncc1. The summed E-state index contributed by atoms with van der Waals surface area (Å²) in [6, 6.07) is 3.33. The van der Waals surface area contributed by atoms with E-state index in [1.54, 1.807) is 24.5 Å². The van der Waals surface area contributed by atoms with Gasteiger partial charge in [0.25, 0.3) is 5.91 Å². The van der Waals surface area contributed by atoms with E-state index in [2.05, 4.69) is 10.3 Å². The van der Waals surface area contributed by atoms with Crippen molar-refractivity contribution in [2.75, 3.05) is 26.4 Å². The van der Waals surface area contributed by atoms with E-state index < -0.39 is 0 Å². The molecule has 1 heterocycles. The van der Waals surface area contributed by atoms with Gasteiger partial charge in [0.2, 0.25) is 0 Å².